The molecule has 218 valence electrons. The Balaban J connectivity index is 1.68. The fourth-order valence-corrected chi connectivity index (χ4v) is 4.29. The van der Waals surface area contributed by atoms with Gasteiger partial charge < -0.3 is 14.2 Å². The summed E-state index contributed by atoms with van der Waals surface area (Å²) in [7, 11) is 1.55. The van der Waals surface area contributed by atoms with E-state index in [1.165, 1.54) is 21.7 Å². The number of hydrogen-bond acceptors (Lipinski definition) is 9. The second-order valence-corrected chi connectivity index (χ2v) is 9.02. The first-order valence-corrected chi connectivity index (χ1v) is 12.7. The molecule has 1 amide bonds. The molecule has 0 saturated carbocycles. The van der Waals surface area contributed by atoms with Crippen LogP contribution in [0.3, 0.4) is 0 Å². The van der Waals surface area contributed by atoms with E-state index in [0.29, 0.717) is 30.0 Å². The van der Waals surface area contributed by atoms with Crippen LogP contribution in [0.25, 0.3) is 0 Å². The van der Waals surface area contributed by atoms with E-state index in [9.17, 15) is 28.5 Å². The standard InChI is InChI=1S/C28H26F3N7O4/c1-18-23(16-33)25(20-8-6-19(15-32)7-9-20)38-27(37(18)22-5-3-4-21(14-22)28(29,30)31)35-26(36-38)34-24(39)17-42-13-12-41-11-10-40-2/h3-9,14,25H,10-13,17H2,1-2H3,(H,34,36,39)/t25-/m1/s1. The lowest BCUT2D eigenvalue weighted by Crippen LogP contribution is -2.31. The molecule has 1 aromatic heterocycles. The van der Waals surface area contributed by atoms with Gasteiger partial charge in [0.15, 0.2) is 0 Å². The molecule has 42 heavy (non-hydrogen) atoms. The van der Waals surface area contributed by atoms with Gasteiger partial charge in [0.25, 0.3) is 11.9 Å². The topological polar surface area (TPSA) is 138 Å². The van der Waals surface area contributed by atoms with Crippen LogP contribution in [0.4, 0.5) is 30.8 Å². The van der Waals surface area contributed by atoms with Crippen molar-refractivity contribution in [3.05, 3.63) is 76.5 Å². The summed E-state index contributed by atoms with van der Waals surface area (Å²) in [6.45, 7) is 2.50. The number of aromatic nitrogens is 3. The highest BCUT2D eigenvalue weighted by atomic mass is 19.4. The lowest BCUT2D eigenvalue weighted by molar-refractivity contribution is -0.137. The third-order valence-electron chi connectivity index (χ3n) is 6.25. The van der Waals surface area contributed by atoms with Crippen molar-refractivity contribution < 1.29 is 32.2 Å². The van der Waals surface area contributed by atoms with Gasteiger partial charge in [0.1, 0.15) is 12.6 Å². The van der Waals surface area contributed by atoms with Crippen molar-refractivity contribution in [2.24, 2.45) is 0 Å². The van der Waals surface area contributed by atoms with Crippen LogP contribution < -0.4 is 10.2 Å². The number of alkyl halides is 3. The number of allylic oxidation sites excluding steroid dienone is 2. The molecule has 14 heteroatoms. The van der Waals surface area contributed by atoms with Gasteiger partial charge in [-0.25, -0.2) is 4.68 Å². The van der Waals surface area contributed by atoms with Crippen LogP contribution in [0, 0.1) is 22.7 Å². The summed E-state index contributed by atoms with van der Waals surface area (Å²) in [4.78, 5) is 18.4. The number of hydrogen-bond donors (Lipinski definition) is 1. The molecule has 0 unspecified atom stereocenters. The number of halogens is 3. The molecule has 0 saturated heterocycles. The van der Waals surface area contributed by atoms with Gasteiger partial charge in [0.2, 0.25) is 5.95 Å². The summed E-state index contributed by atoms with van der Waals surface area (Å²) in [5.74, 6) is -0.638. The van der Waals surface area contributed by atoms with Gasteiger partial charge in [-0.05, 0) is 42.8 Å². The normalized spacial score (nSPS) is 14.7. The van der Waals surface area contributed by atoms with Crippen molar-refractivity contribution in [3.8, 4) is 12.1 Å². The molecule has 0 bridgehead atoms. The van der Waals surface area contributed by atoms with Gasteiger partial charge in [0.05, 0.1) is 55.3 Å². The fourth-order valence-electron chi connectivity index (χ4n) is 4.29. The number of amides is 1. The van der Waals surface area contributed by atoms with Gasteiger partial charge in [0, 0.05) is 18.5 Å². The predicted molar refractivity (Wildman–Crippen MR) is 143 cm³/mol. The molecular weight excluding hydrogens is 555 g/mol. The number of fused-ring (bicyclic) bond motifs is 1. The highest BCUT2D eigenvalue weighted by Crippen LogP contribution is 2.43. The molecule has 3 aromatic rings. The van der Waals surface area contributed by atoms with E-state index in [-0.39, 0.29) is 43.0 Å². The first kappa shape index (κ1) is 30.2. The number of ether oxygens (including phenoxy) is 3. The zero-order chi connectivity index (χ0) is 30.3. The van der Waals surface area contributed by atoms with Gasteiger partial charge in [-0.3, -0.25) is 15.0 Å². The molecule has 2 heterocycles. The van der Waals surface area contributed by atoms with Crippen molar-refractivity contribution in [3.63, 3.8) is 0 Å². The molecular formula is C28H26F3N7O4. The smallest absolute Gasteiger partial charge is 0.382 e. The number of carbonyl (C=O) groups is 1. The SMILES string of the molecule is COCCOCCOCC(=O)Nc1nc2n(n1)[C@H](c1ccc(C#N)cc1)C(C#N)=C(C)N2c1cccc(C(F)(F)F)c1. The maximum atomic E-state index is 13.6. The third-order valence-corrected chi connectivity index (χ3v) is 6.25. The molecule has 1 atom stereocenters. The van der Waals surface area contributed by atoms with Crippen LogP contribution in [0.5, 0.6) is 0 Å². The lowest BCUT2D eigenvalue weighted by atomic mass is 9.95. The van der Waals surface area contributed by atoms with Crippen LogP contribution >= 0.6 is 0 Å². The second kappa shape index (κ2) is 13.3. The minimum atomic E-state index is -4.60. The molecule has 2 aromatic carbocycles. The van der Waals surface area contributed by atoms with E-state index in [1.54, 1.807) is 38.3 Å². The largest absolute Gasteiger partial charge is 0.416 e. The first-order chi connectivity index (χ1) is 20.2. The van der Waals surface area contributed by atoms with Crippen LogP contribution in [0.15, 0.2) is 59.8 Å². The number of anilines is 3. The van der Waals surface area contributed by atoms with Crippen molar-refractivity contribution in [1.29, 1.82) is 10.5 Å². The Kier molecular flexibility index (Phi) is 9.54. The monoisotopic (exact) mass is 581 g/mol. The highest BCUT2D eigenvalue weighted by molar-refractivity contribution is 5.90. The van der Waals surface area contributed by atoms with E-state index < -0.39 is 23.7 Å². The summed E-state index contributed by atoms with van der Waals surface area (Å²) in [6.07, 6.45) is -4.60. The Morgan fingerprint density at radius 3 is 2.43 bits per heavy atom. The molecule has 1 aliphatic rings. The molecule has 0 fully saturated rings. The summed E-state index contributed by atoms with van der Waals surface area (Å²) in [5, 5.41) is 26.3. The van der Waals surface area contributed by atoms with E-state index in [0.717, 1.165) is 12.1 Å². The Bertz CT molecular complexity index is 1540. The predicted octanol–water partition coefficient (Wildman–Crippen LogP) is 4.33. The quantitative estimate of drug-likeness (QED) is 0.328. The Hall–Kier alpha value is -4.76. The van der Waals surface area contributed by atoms with E-state index in [4.69, 9.17) is 14.2 Å². The number of carbonyl (C=O) groups excluding carboxylic acids is 1. The number of methoxy groups -OCH3 is 1. The zero-order valence-electron chi connectivity index (χ0n) is 22.7. The molecule has 4 rings (SSSR count). The van der Waals surface area contributed by atoms with E-state index >= 15 is 0 Å². The number of nitrogens with one attached hydrogen (secondary N) is 1. The average molecular weight is 582 g/mol. The van der Waals surface area contributed by atoms with Crippen molar-refractivity contribution >= 4 is 23.5 Å². The second-order valence-electron chi connectivity index (χ2n) is 9.02. The molecule has 0 aliphatic carbocycles. The van der Waals surface area contributed by atoms with Crippen molar-refractivity contribution in [1.82, 2.24) is 14.8 Å². The fraction of sp³-hybridized carbons (Fsp3) is 0.321. The maximum Gasteiger partial charge on any atom is 0.416 e. The Morgan fingerprint density at radius 1 is 1.05 bits per heavy atom. The Morgan fingerprint density at radius 2 is 1.76 bits per heavy atom. The highest BCUT2D eigenvalue weighted by Gasteiger charge is 2.37. The van der Waals surface area contributed by atoms with Gasteiger partial charge in [-0.1, -0.05) is 18.2 Å². The molecule has 11 nitrogen and oxygen atoms in total. The van der Waals surface area contributed by atoms with Crippen molar-refractivity contribution in [2.45, 2.75) is 19.1 Å². The first-order valence-electron chi connectivity index (χ1n) is 12.7. The van der Waals surface area contributed by atoms with Gasteiger partial charge >= 0.3 is 6.18 Å². The third kappa shape index (κ3) is 6.75. The maximum absolute atomic E-state index is 13.6. The summed E-state index contributed by atoms with van der Waals surface area (Å²) in [6, 6.07) is 14.4. The minimum Gasteiger partial charge on any atom is -0.382 e. The molecule has 0 spiro atoms. The molecule has 0 radical (unpaired) electrons. The van der Waals surface area contributed by atoms with Crippen molar-refractivity contribution in [2.75, 3.05) is 50.4 Å². The summed E-state index contributed by atoms with van der Waals surface area (Å²) in [5.41, 5.74) is 0.690. The number of nitrogens with zero attached hydrogens (tertiary/aromatic N) is 6. The minimum absolute atomic E-state index is 0.0722. The van der Waals surface area contributed by atoms with E-state index in [1.807, 2.05) is 6.07 Å². The van der Waals surface area contributed by atoms with Gasteiger partial charge in [-0.15, -0.1) is 5.10 Å². The Labute approximate surface area is 239 Å². The summed E-state index contributed by atoms with van der Waals surface area (Å²) >= 11 is 0. The lowest BCUT2D eigenvalue weighted by Gasteiger charge is -2.34. The van der Waals surface area contributed by atoms with Crippen LogP contribution in [0.1, 0.15) is 29.7 Å². The van der Waals surface area contributed by atoms with Crippen LogP contribution in [-0.4, -0.2) is 60.8 Å². The zero-order valence-corrected chi connectivity index (χ0v) is 22.7. The molecule has 1 N–H and O–H groups in total. The van der Waals surface area contributed by atoms with Crippen LogP contribution in [0.2, 0.25) is 0 Å². The molecule has 1 aliphatic heterocycles. The van der Waals surface area contributed by atoms with Crippen LogP contribution in [-0.2, 0) is 25.2 Å². The van der Waals surface area contributed by atoms with Gasteiger partial charge in [-0.2, -0.15) is 28.7 Å². The number of rotatable bonds is 11. The summed E-state index contributed by atoms with van der Waals surface area (Å²) < 4.78 is 57.5. The van der Waals surface area contributed by atoms with E-state index in [2.05, 4.69) is 21.5 Å². The average Bonchev–Trinajstić information content (AvgIpc) is 3.38. The number of nitriles is 2. The number of benzene rings is 2.